The number of hydrazine groups is 1. The highest BCUT2D eigenvalue weighted by Gasteiger charge is 2.18. The van der Waals surface area contributed by atoms with Crippen LogP contribution >= 0.6 is 0 Å². The van der Waals surface area contributed by atoms with Crippen LogP contribution in [0.5, 0.6) is 0 Å². The van der Waals surface area contributed by atoms with Gasteiger partial charge in [-0.05, 0) is 6.07 Å². The second-order valence-corrected chi connectivity index (χ2v) is 3.64. The largest absolute Gasteiger partial charge is 0.459 e. The van der Waals surface area contributed by atoms with E-state index in [9.17, 15) is 4.79 Å². The number of rotatable bonds is 3. The number of carbonyl (C=O) groups is 1. The minimum Gasteiger partial charge on any atom is -0.459 e. The van der Waals surface area contributed by atoms with Crippen molar-refractivity contribution in [3.05, 3.63) is 23.7 Å². The fraction of sp³-hybridized carbons (Fsp3) is 0.500. The van der Waals surface area contributed by atoms with Crippen LogP contribution in [0.15, 0.2) is 16.7 Å². The van der Waals surface area contributed by atoms with Crippen LogP contribution in [0.1, 0.15) is 16.1 Å². The maximum atomic E-state index is 11.4. The molecule has 0 spiro atoms. The Morgan fingerprint density at radius 2 is 2.25 bits per heavy atom. The number of nitrogens with zero attached hydrogens (tertiary/aromatic N) is 1. The third-order valence-corrected chi connectivity index (χ3v) is 2.58. The van der Waals surface area contributed by atoms with Gasteiger partial charge < -0.3 is 9.15 Å². The Morgan fingerprint density at radius 3 is 2.94 bits per heavy atom. The van der Waals surface area contributed by atoms with Crippen molar-refractivity contribution >= 4 is 5.91 Å². The lowest BCUT2D eigenvalue weighted by Gasteiger charge is -2.26. The second-order valence-electron chi connectivity index (χ2n) is 3.64. The van der Waals surface area contributed by atoms with Gasteiger partial charge in [-0.1, -0.05) is 0 Å². The number of hydrogen-bond acceptors (Lipinski definition) is 5. The van der Waals surface area contributed by atoms with E-state index in [1.165, 1.54) is 6.26 Å². The highest BCUT2D eigenvalue weighted by Crippen LogP contribution is 2.14. The van der Waals surface area contributed by atoms with Gasteiger partial charge in [-0.3, -0.25) is 15.1 Å². The normalized spacial score (nSPS) is 17.3. The average Bonchev–Trinajstić information content (AvgIpc) is 2.77. The Hall–Kier alpha value is -1.37. The molecule has 6 nitrogen and oxygen atoms in total. The van der Waals surface area contributed by atoms with Gasteiger partial charge in [0.1, 0.15) is 0 Å². The van der Waals surface area contributed by atoms with E-state index in [1.54, 1.807) is 6.07 Å². The van der Waals surface area contributed by atoms with Crippen LogP contribution in [0.25, 0.3) is 0 Å². The maximum Gasteiger partial charge on any atom is 0.301 e. The van der Waals surface area contributed by atoms with Crippen LogP contribution in [0.4, 0.5) is 0 Å². The summed E-state index contributed by atoms with van der Waals surface area (Å²) in [6.45, 7) is 3.89. The van der Waals surface area contributed by atoms with Gasteiger partial charge >= 0.3 is 5.91 Å². The monoisotopic (exact) mass is 225 g/mol. The number of amides is 1. The number of hydrogen-bond donors (Lipinski definition) is 2. The van der Waals surface area contributed by atoms with Crippen LogP contribution < -0.4 is 11.3 Å². The van der Waals surface area contributed by atoms with E-state index >= 15 is 0 Å². The molecule has 0 aromatic carbocycles. The van der Waals surface area contributed by atoms with Crippen molar-refractivity contribution in [3.8, 4) is 0 Å². The first-order valence-electron chi connectivity index (χ1n) is 5.18. The van der Waals surface area contributed by atoms with Crippen LogP contribution in [0.2, 0.25) is 0 Å². The fourth-order valence-corrected chi connectivity index (χ4v) is 1.73. The van der Waals surface area contributed by atoms with E-state index in [1.807, 2.05) is 0 Å². The molecule has 0 saturated carbocycles. The molecule has 1 fully saturated rings. The van der Waals surface area contributed by atoms with E-state index < -0.39 is 5.91 Å². The van der Waals surface area contributed by atoms with E-state index in [0.717, 1.165) is 31.9 Å². The molecule has 0 aliphatic carbocycles. The molecular weight excluding hydrogens is 210 g/mol. The molecule has 1 amide bonds. The molecule has 3 N–H and O–H groups in total. The molecule has 2 rings (SSSR count). The zero-order chi connectivity index (χ0) is 11.4. The summed E-state index contributed by atoms with van der Waals surface area (Å²) in [5, 5.41) is 0. The van der Waals surface area contributed by atoms with Crippen molar-refractivity contribution < 1.29 is 13.9 Å². The van der Waals surface area contributed by atoms with Crippen LogP contribution in [0.3, 0.4) is 0 Å². The van der Waals surface area contributed by atoms with Gasteiger partial charge in [-0.15, -0.1) is 0 Å². The summed E-state index contributed by atoms with van der Waals surface area (Å²) in [7, 11) is 0. The zero-order valence-electron chi connectivity index (χ0n) is 8.94. The van der Waals surface area contributed by atoms with Gasteiger partial charge in [0.25, 0.3) is 0 Å². The van der Waals surface area contributed by atoms with E-state index in [0.29, 0.717) is 6.54 Å². The van der Waals surface area contributed by atoms with Crippen molar-refractivity contribution in [2.45, 2.75) is 6.54 Å². The number of furan rings is 1. The number of nitrogens with two attached hydrogens (primary N) is 1. The van der Waals surface area contributed by atoms with Crippen LogP contribution in [-0.4, -0.2) is 37.1 Å². The summed E-state index contributed by atoms with van der Waals surface area (Å²) in [6, 6.07) is 1.79. The molecule has 6 heteroatoms. The maximum absolute atomic E-state index is 11.4. The number of ether oxygens (including phenoxy) is 1. The molecule has 0 atom stereocenters. The Bertz CT molecular complexity index is 358. The van der Waals surface area contributed by atoms with Crippen molar-refractivity contribution in [2.24, 2.45) is 5.84 Å². The molecule has 0 radical (unpaired) electrons. The molecule has 1 aliphatic rings. The van der Waals surface area contributed by atoms with Crippen LogP contribution in [0, 0.1) is 0 Å². The number of nitrogen functional groups attached to an aromatic ring is 1. The standard InChI is InChI=1S/C10H15N3O3/c11-12-10(14)9-8(1-4-16-9)7-13-2-5-15-6-3-13/h1,4H,2-3,5-7,11H2,(H,12,14). The lowest BCUT2D eigenvalue weighted by atomic mass is 10.2. The first-order valence-corrected chi connectivity index (χ1v) is 5.18. The number of morpholine rings is 1. The molecule has 88 valence electrons. The highest BCUT2D eigenvalue weighted by atomic mass is 16.5. The summed E-state index contributed by atoms with van der Waals surface area (Å²) < 4.78 is 10.4. The van der Waals surface area contributed by atoms with Gasteiger partial charge in [0.05, 0.1) is 19.5 Å². The Morgan fingerprint density at radius 1 is 1.50 bits per heavy atom. The minimum absolute atomic E-state index is 0.286. The summed E-state index contributed by atoms with van der Waals surface area (Å²) >= 11 is 0. The summed E-state index contributed by atoms with van der Waals surface area (Å²) in [5.41, 5.74) is 2.92. The van der Waals surface area contributed by atoms with Gasteiger partial charge in [0.2, 0.25) is 0 Å². The summed E-state index contributed by atoms with van der Waals surface area (Å²) in [5.74, 6) is 4.96. The van der Waals surface area contributed by atoms with Gasteiger partial charge in [-0.25, -0.2) is 5.84 Å². The average molecular weight is 225 g/mol. The molecule has 1 aromatic heterocycles. The molecule has 1 saturated heterocycles. The van der Waals surface area contributed by atoms with E-state index in [-0.39, 0.29) is 5.76 Å². The number of nitrogens with one attached hydrogen (secondary N) is 1. The third kappa shape index (κ3) is 2.41. The Labute approximate surface area is 93.3 Å². The van der Waals surface area contributed by atoms with Gasteiger partial charge in [0, 0.05) is 25.2 Å². The molecule has 16 heavy (non-hydrogen) atoms. The fourth-order valence-electron chi connectivity index (χ4n) is 1.73. The van der Waals surface area contributed by atoms with Crippen LogP contribution in [-0.2, 0) is 11.3 Å². The lowest BCUT2D eigenvalue weighted by Crippen LogP contribution is -2.36. The molecule has 0 bridgehead atoms. The van der Waals surface area contributed by atoms with Crippen molar-refractivity contribution in [2.75, 3.05) is 26.3 Å². The molecular formula is C10H15N3O3. The first kappa shape index (κ1) is 11.1. The predicted octanol–water partition coefficient (Wildman–Crippen LogP) is -0.285. The number of carbonyl (C=O) groups excluding carboxylic acids is 1. The van der Waals surface area contributed by atoms with Gasteiger partial charge in [0.15, 0.2) is 5.76 Å². The zero-order valence-corrected chi connectivity index (χ0v) is 8.94. The minimum atomic E-state index is -0.395. The second kappa shape index (κ2) is 5.11. The lowest BCUT2D eigenvalue weighted by molar-refractivity contribution is 0.0339. The topological polar surface area (TPSA) is 80.7 Å². The summed E-state index contributed by atoms with van der Waals surface area (Å²) in [6.07, 6.45) is 1.50. The first-order chi connectivity index (χ1) is 7.81. The SMILES string of the molecule is NNC(=O)c1occc1CN1CCOCC1. The Kier molecular flexibility index (Phi) is 3.55. The summed E-state index contributed by atoms with van der Waals surface area (Å²) in [4.78, 5) is 13.6. The van der Waals surface area contributed by atoms with E-state index in [2.05, 4.69) is 10.3 Å². The van der Waals surface area contributed by atoms with Crippen molar-refractivity contribution in [3.63, 3.8) is 0 Å². The quantitative estimate of drug-likeness (QED) is 0.420. The smallest absolute Gasteiger partial charge is 0.301 e. The molecule has 1 aromatic rings. The molecule has 0 unspecified atom stereocenters. The van der Waals surface area contributed by atoms with Crippen molar-refractivity contribution in [1.29, 1.82) is 0 Å². The van der Waals surface area contributed by atoms with E-state index in [4.69, 9.17) is 15.0 Å². The molecule has 1 aliphatic heterocycles. The highest BCUT2D eigenvalue weighted by molar-refractivity contribution is 5.92. The predicted molar refractivity (Wildman–Crippen MR) is 56.5 cm³/mol. The van der Waals surface area contributed by atoms with Gasteiger partial charge in [-0.2, -0.15) is 0 Å². The molecule has 2 heterocycles. The third-order valence-electron chi connectivity index (χ3n) is 2.58. The Balaban J connectivity index is 2.03. The van der Waals surface area contributed by atoms with Crippen molar-refractivity contribution in [1.82, 2.24) is 10.3 Å².